The van der Waals surface area contributed by atoms with Crippen molar-refractivity contribution < 1.29 is 9.47 Å². The van der Waals surface area contributed by atoms with Gasteiger partial charge in [-0.1, -0.05) is 0 Å². The number of aryl methyl sites for hydroxylation is 2. The maximum atomic E-state index is 5.72. The number of hydrogen-bond acceptors (Lipinski definition) is 5. The highest BCUT2D eigenvalue weighted by Crippen LogP contribution is 2.23. The van der Waals surface area contributed by atoms with Gasteiger partial charge in [0.05, 0.1) is 6.61 Å². The molecule has 0 radical (unpaired) electrons. The highest BCUT2D eigenvalue weighted by molar-refractivity contribution is 5.25. The molecule has 1 N–H and O–H groups in total. The van der Waals surface area contributed by atoms with E-state index in [1.54, 1.807) is 7.11 Å². The Balaban J connectivity index is 2.86. The van der Waals surface area contributed by atoms with E-state index >= 15 is 0 Å². The molecule has 0 aliphatic carbocycles. The van der Waals surface area contributed by atoms with E-state index in [-0.39, 0.29) is 0 Å². The lowest BCUT2D eigenvalue weighted by molar-refractivity contribution is -0.0210. The predicted molar refractivity (Wildman–Crippen MR) is 79.7 cm³/mol. The van der Waals surface area contributed by atoms with Gasteiger partial charge in [0.15, 0.2) is 5.82 Å². The van der Waals surface area contributed by atoms with Crippen molar-refractivity contribution in [3.63, 3.8) is 0 Å². The van der Waals surface area contributed by atoms with Crippen LogP contribution in [0.5, 0.6) is 0 Å². The van der Waals surface area contributed by atoms with Crippen LogP contribution in [0.3, 0.4) is 0 Å². The number of hydrogen-bond donors (Lipinski definition) is 1. The second kappa shape index (κ2) is 7.67. The molecule has 5 nitrogen and oxygen atoms in total. The zero-order valence-electron chi connectivity index (χ0n) is 13.5. The van der Waals surface area contributed by atoms with Crippen LogP contribution in [0.1, 0.15) is 43.5 Å². The molecule has 1 aromatic rings. The molecule has 5 heteroatoms. The Morgan fingerprint density at radius 2 is 1.75 bits per heavy atom. The molecule has 1 rings (SSSR count). The molecule has 0 aromatic carbocycles. The fourth-order valence-electron chi connectivity index (χ4n) is 2.08. The Bertz CT molecular complexity index is 410. The molecule has 114 valence electrons. The molecular weight excluding hydrogens is 254 g/mol. The second-order valence-corrected chi connectivity index (χ2v) is 5.31. The molecule has 0 aliphatic rings. The van der Waals surface area contributed by atoms with E-state index in [2.05, 4.69) is 15.3 Å². The Morgan fingerprint density at radius 3 is 2.25 bits per heavy atom. The fraction of sp³-hybridized carbons (Fsp3) is 0.733. The van der Waals surface area contributed by atoms with Gasteiger partial charge in [-0.3, -0.25) is 0 Å². The summed E-state index contributed by atoms with van der Waals surface area (Å²) in [6.07, 6.45) is 0. The average Bonchev–Trinajstić information content (AvgIpc) is 2.36. The lowest BCUT2D eigenvalue weighted by atomic mass is 10.1. The zero-order valence-corrected chi connectivity index (χ0v) is 13.5. The first-order valence-electron chi connectivity index (χ1n) is 7.10. The third-order valence-electron chi connectivity index (χ3n) is 3.25. The molecule has 0 spiro atoms. The van der Waals surface area contributed by atoms with Gasteiger partial charge in [-0.2, -0.15) is 0 Å². The van der Waals surface area contributed by atoms with Gasteiger partial charge in [-0.05, 0) is 34.6 Å². The van der Waals surface area contributed by atoms with Gasteiger partial charge in [0.25, 0.3) is 0 Å². The Labute approximate surface area is 122 Å². The number of aromatic nitrogens is 2. The Kier molecular flexibility index (Phi) is 6.52. The molecule has 0 saturated heterocycles. The van der Waals surface area contributed by atoms with E-state index in [1.165, 1.54) is 0 Å². The first-order valence-corrected chi connectivity index (χ1v) is 7.10. The summed E-state index contributed by atoms with van der Waals surface area (Å²) in [5.74, 6) is 0.745. The van der Waals surface area contributed by atoms with Crippen molar-refractivity contribution >= 4 is 0 Å². The number of nitrogens with zero attached hydrogens (tertiary/aromatic N) is 2. The normalized spacial score (nSPS) is 11.9. The summed E-state index contributed by atoms with van der Waals surface area (Å²) in [7, 11) is 1.70. The minimum absolute atomic E-state index is 0.452. The van der Waals surface area contributed by atoms with Gasteiger partial charge < -0.3 is 14.8 Å². The molecule has 0 fully saturated rings. The van der Waals surface area contributed by atoms with Crippen LogP contribution in [0.2, 0.25) is 0 Å². The van der Waals surface area contributed by atoms with Crippen molar-refractivity contribution in [3.8, 4) is 0 Å². The van der Waals surface area contributed by atoms with E-state index in [4.69, 9.17) is 9.47 Å². The Hall–Kier alpha value is -1.04. The molecule has 0 aliphatic heterocycles. The fourth-order valence-corrected chi connectivity index (χ4v) is 2.08. The van der Waals surface area contributed by atoms with Crippen molar-refractivity contribution in [2.24, 2.45) is 0 Å². The maximum absolute atomic E-state index is 5.72. The molecule has 0 saturated carbocycles. The predicted octanol–water partition coefficient (Wildman–Crippen LogP) is 2.10. The van der Waals surface area contributed by atoms with Crippen LogP contribution in [-0.2, 0) is 21.6 Å². The zero-order chi connectivity index (χ0) is 15.2. The smallest absolute Gasteiger partial charge is 0.160 e. The van der Waals surface area contributed by atoms with Crippen molar-refractivity contribution in [3.05, 3.63) is 22.8 Å². The van der Waals surface area contributed by atoms with E-state index < -0.39 is 5.60 Å². The van der Waals surface area contributed by atoms with Crippen molar-refractivity contribution in [1.29, 1.82) is 0 Å². The van der Waals surface area contributed by atoms with E-state index in [0.717, 1.165) is 35.9 Å². The quantitative estimate of drug-likeness (QED) is 0.740. The lowest BCUT2D eigenvalue weighted by Crippen LogP contribution is -2.27. The van der Waals surface area contributed by atoms with Crippen LogP contribution in [0.4, 0.5) is 0 Å². The average molecular weight is 281 g/mol. The monoisotopic (exact) mass is 281 g/mol. The van der Waals surface area contributed by atoms with Crippen LogP contribution in [0.15, 0.2) is 0 Å². The number of rotatable bonds is 8. The van der Waals surface area contributed by atoms with E-state index in [9.17, 15) is 0 Å². The topological polar surface area (TPSA) is 56.3 Å². The highest BCUT2D eigenvalue weighted by atomic mass is 16.5. The van der Waals surface area contributed by atoms with Gasteiger partial charge in [0.2, 0.25) is 0 Å². The first-order chi connectivity index (χ1) is 9.42. The van der Waals surface area contributed by atoms with Crippen LogP contribution >= 0.6 is 0 Å². The lowest BCUT2D eigenvalue weighted by Gasteiger charge is -2.24. The summed E-state index contributed by atoms with van der Waals surface area (Å²) in [5, 5.41) is 3.33. The SMILES string of the molecule is CCOC(C)(C)c1nc(C)c(CNCCOC)c(C)n1. The first kappa shape index (κ1) is 17.0. The van der Waals surface area contributed by atoms with Gasteiger partial charge in [0.1, 0.15) is 5.60 Å². The van der Waals surface area contributed by atoms with Gasteiger partial charge >= 0.3 is 0 Å². The summed E-state index contributed by atoms with van der Waals surface area (Å²) in [6, 6.07) is 0. The van der Waals surface area contributed by atoms with Crippen molar-refractivity contribution in [1.82, 2.24) is 15.3 Å². The molecule has 0 atom stereocenters. The van der Waals surface area contributed by atoms with Gasteiger partial charge in [0, 0.05) is 43.8 Å². The third-order valence-corrected chi connectivity index (χ3v) is 3.25. The largest absolute Gasteiger partial charge is 0.383 e. The van der Waals surface area contributed by atoms with Crippen LogP contribution in [0.25, 0.3) is 0 Å². The van der Waals surface area contributed by atoms with Crippen LogP contribution in [0, 0.1) is 13.8 Å². The summed E-state index contributed by atoms with van der Waals surface area (Å²) < 4.78 is 10.7. The number of ether oxygens (including phenoxy) is 2. The summed E-state index contributed by atoms with van der Waals surface area (Å²) in [4.78, 5) is 9.23. The standard InChI is InChI=1S/C15H27N3O2/c1-7-20-15(4,5)14-17-11(2)13(12(3)18-14)10-16-8-9-19-6/h16H,7-10H2,1-6H3. The molecule has 1 aromatic heterocycles. The van der Waals surface area contributed by atoms with E-state index in [0.29, 0.717) is 13.2 Å². The van der Waals surface area contributed by atoms with Crippen LogP contribution in [-0.4, -0.2) is 36.8 Å². The third kappa shape index (κ3) is 4.51. The molecule has 20 heavy (non-hydrogen) atoms. The molecule has 1 heterocycles. The van der Waals surface area contributed by atoms with Crippen LogP contribution < -0.4 is 5.32 Å². The van der Waals surface area contributed by atoms with Crippen molar-refractivity contribution in [2.75, 3.05) is 26.9 Å². The van der Waals surface area contributed by atoms with E-state index in [1.807, 2.05) is 34.6 Å². The van der Waals surface area contributed by atoms with Gasteiger partial charge in [-0.25, -0.2) is 9.97 Å². The van der Waals surface area contributed by atoms with Crippen molar-refractivity contribution in [2.45, 2.75) is 46.8 Å². The molecule has 0 bridgehead atoms. The second-order valence-electron chi connectivity index (χ2n) is 5.31. The molecule has 0 unspecified atom stereocenters. The highest BCUT2D eigenvalue weighted by Gasteiger charge is 2.25. The van der Waals surface area contributed by atoms with Gasteiger partial charge in [-0.15, -0.1) is 0 Å². The summed E-state index contributed by atoms with van der Waals surface area (Å²) in [5.41, 5.74) is 2.71. The number of nitrogens with one attached hydrogen (secondary N) is 1. The molecule has 0 amide bonds. The number of methoxy groups -OCH3 is 1. The summed E-state index contributed by atoms with van der Waals surface area (Å²) >= 11 is 0. The molecular formula is C15H27N3O2. The minimum Gasteiger partial charge on any atom is -0.383 e. The minimum atomic E-state index is -0.452. The Morgan fingerprint density at radius 1 is 1.15 bits per heavy atom. The summed E-state index contributed by atoms with van der Waals surface area (Å²) in [6.45, 7) is 13.0. The maximum Gasteiger partial charge on any atom is 0.160 e.